The lowest BCUT2D eigenvalue weighted by atomic mass is 10.1. The van der Waals surface area contributed by atoms with E-state index in [9.17, 15) is 9.59 Å². The van der Waals surface area contributed by atoms with E-state index in [1.165, 1.54) is 6.20 Å². The van der Waals surface area contributed by atoms with Crippen molar-refractivity contribution in [2.24, 2.45) is 7.05 Å². The molecular formula is C17H22N6O2. The zero-order chi connectivity index (χ0) is 17.6. The lowest BCUT2D eigenvalue weighted by Crippen LogP contribution is -2.48. The molecule has 8 heteroatoms. The van der Waals surface area contributed by atoms with Crippen LogP contribution in [-0.4, -0.2) is 50.6 Å². The van der Waals surface area contributed by atoms with Crippen molar-refractivity contribution in [1.29, 1.82) is 0 Å². The van der Waals surface area contributed by atoms with E-state index in [0.717, 1.165) is 19.4 Å². The van der Waals surface area contributed by atoms with E-state index >= 15 is 0 Å². The number of hydrogen-bond donors (Lipinski definition) is 1. The first-order chi connectivity index (χ1) is 12.1. The highest BCUT2D eigenvalue weighted by Gasteiger charge is 2.23. The van der Waals surface area contributed by atoms with Gasteiger partial charge in [-0.3, -0.25) is 14.3 Å². The van der Waals surface area contributed by atoms with Gasteiger partial charge in [0.1, 0.15) is 0 Å². The summed E-state index contributed by atoms with van der Waals surface area (Å²) in [6, 6.07) is 1.84. The first-order valence-electron chi connectivity index (χ1n) is 8.45. The molecule has 0 spiro atoms. The molecule has 25 heavy (non-hydrogen) atoms. The first kappa shape index (κ1) is 17.1. The second-order valence-corrected chi connectivity index (χ2v) is 6.23. The van der Waals surface area contributed by atoms with Gasteiger partial charge >= 0.3 is 0 Å². The Labute approximate surface area is 146 Å². The Morgan fingerprint density at radius 1 is 1.28 bits per heavy atom. The van der Waals surface area contributed by atoms with Gasteiger partial charge in [-0.15, -0.1) is 0 Å². The Balaban J connectivity index is 1.47. The standard InChI is InChI=1S/C17H22N6O2/c1-22-11-13(10-20-22)15(24)5-6-16(25)21-14-4-2-9-23(12-14)17-18-7-3-8-19-17/h3,7-8,10-11,14H,2,4-6,9,12H2,1H3,(H,21,25). The predicted molar refractivity (Wildman–Crippen MR) is 92.2 cm³/mol. The number of anilines is 1. The average Bonchev–Trinajstić information content (AvgIpc) is 3.07. The molecule has 3 rings (SSSR count). The summed E-state index contributed by atoms with van der Waals surface area (Å²) in [4.78, 5) is 34.8. The predicted octanol–water partition coefficient (Wildman–Crippen LogP) is 0.958. The van der Waals surface area contributed by atoms with Gasteiger partial charge in [-0.1, -0.05) is 0 Å². The van der Waals surface area contributed by atoms with Crippen LogP contribution < -0.4 is 10.2 Å². The van der Waals surface area contributed by atoms with Gasteiger partial charge in [0.05, 0.1) is 11.8 Å². The molecule has 1 aliphatic rings. The molecule has 1 N–H and O–H groups in total. The van der Waals surface area contributed by atoms with E-state index in [-0.39, 0.29) is 30.6 Å². The van der Waals surface area contributed by atoms with Gasteiger partial charge in [-0.2, -0.15) is 5.10 Å². The number of piperidine rings is 1. The number of Topliss-reactive ketones (excluding diaryl/α,β-unsaturated/α-hetero) is 1. The van der Waals surface area contributed by atoms with E-state index in [2.05, 4.69) is 25.3 Å². The molecule has 2 aromatic rings. The Hall–Kier alpha value is -2.77. The van der Waals surface area contributed by atoms with Crippen LogP contribution in [0.25, 0.3) is 0 Å². The highest BCUT2D eigenvalue weighted by molar-refractivity contribution is 5.97. The maximum atomic E-state index is 12.2. The van der Waals surface area contributed by atoms with Gasteiger partial charge in [0, 0.05) is 57.6 Å². The Morgan fingerprint density at radius 3 is 2.80 bits per heavy atom. The molecule has 3 heterocycles. The summed E-state index contributed by atoms with van der Waals surface area (Å²) in [5, 5.41) is 6.99. The molecule has 1 atom stereocenters. The van der Waals surface area contributed by atoms with Crippen LogP contribution in [0.1, 0.15) is 36.0 Å². The first-order valence-corrected chi connectivity index (χ1v) is 8.45. The highest BCUT2D eigenvalue weighted by Crippen LogP contribution is 2.15. The minimum absolute atomic E-state index is 0.0542. The molecule has 1 fully saturated rings. The maximum Gasteiger partial charge on any atom is 0.225 e. The second-order valence-electron chi connectivity index (χ2n) is 6.23. The van der Waals surface area contributed by atoms with Crippen LogP contribution in [0, 0.1) is 0 Å². The molecule has 0 aromatic carbocycles. The average molecular weight is 342 g/mol. The van der Waals surface area contributed by atoms with E-state index in [1.807, 2.05) is 0 Å². The number of rotatable bonds is 6. The molecule has 1 saturated heterocycles. The van der Waals surface area contributed by atoms with Crippen molar-refractivity contribution in [2.75, 3.05) is 18.0 Å². The van der Waals surface area contributed by atoms with E-state index in [4.69, 9.17) is 0 Å². The number of carbonyl (C=O) groups is 2. The van der Waals surface area contributed by atoms with Crippen LogP contribution in [0.4, 0.5) is 5.95 Å². The Kier molecular flexibility index (Phi) is 5.37. The summed E-state index contributed by atoms with van der Waals surface area (Å²) in [5.74, 6) is 0.525. The van der Waals surface area contributed by atoms with Crippen LogP contribution in [0.15, 0.2) is 30.9 Å². The van der Waals surface area contributed by atoms with Crippen molar-refractivity contribution in [1.82, 2.24) is 25.1 Å². The maximum absolute atomic E-state index is 12.2. The minimum atomic E-state index is -0.0990. The molecule has 0 bridgehead atoms. The Morgan fingerprint density at radius 2 is 2.08 bits per heavy atom. The summed E-state index contributed by atoms with van der Waals surface area (Å²) in [7, 11) is 1.76. The molecule has 132 valence electrons. The third-order valence-corrected chi connectivity index (χ3v) is 4.23. The van der Waals surface area contributed by atoms with Crippen molar-refractivity contribution >= 4 is 17.6 Å². The van der Waals surface area contributed by atoms with Crippen molar-refractivity contribution in [2.45, 2.75) is 31.7 Å². The third-order valence-electron chi connectivity index (χ3n) is 4.23. The van der Waals surface area contributed by atoms with Crippen molar-refractivity contribution in [3.63, 3.8) is 0 Å². The van der Waals surface area contributed by atoms with Crippen LogP contribution >= 0.6 is 0 Å². The molecular weight excluding hydrogens is 320 g/mol. The SMILES string of the molecule is Cn1cc(C(=O)CCC(=O)NC2CCCN(c3ncccn3)C2)cn1. The zero-order valence-electron chi connectivity index (χ0n) is 14.3. The van der Waals surface area contributed by atoms with Gasteiger partial charge in [0.2, 0.25) is 11.9 Å². The summed E-state index contributed by atoms with van der Waals surface area (Å²) in [5.41, 5.74) is 0.542. The van der Waals surface area contributed by atoms with Gasteiger partial charge in [0.25, 0.3) is 0 Å². The molecule has 1 amide bonds. The minimum Gasteiger partial charge on any atom is -0.352 e. The normalized spacial score (nSPS) is 17.3. The smallest absolute Gasteiger partial charge is 0.225 e. The molecule has 1 aliphatic heterocycles. The van der Waals surface area contributed by atoms with Crippen molar-refractivity contribution in [3.05, 3.63) is 36.4 Å². The highest BCUT2D eigenvalue weighted by atomic mass is 16.2. The van der Waals surface area contributed by atoms with Gasteiger partial charge < -0.3 is 10.2 Å². The molecule has 2 aromatic heterocycles. The van der Waals surface area contributed by atoms with Crippen molar-refractivity contribution in [3.8, 4) is 0 Å². The van der Waals surface area contributed by atoms with Crippen LogP contribution in [-0.2, 0) is 11.8 Å². The third kappa shape index (κ3) is 4.62. The number of hydrogen-bond acceptors (Lipinski definition) is 6. The van der Waals surface area contributed by atoms with Crippen LogP contribution in [0.2, 0.25) is 0 Å². The Bertz CT molecular complexity index is 730. The molecule has 8 nitrogen and oxygen atoms in total. The number of aryl methyl sites for hydroxylation is 1. The number of nitrogens with one attached hydrogen (secondary N) is 1. The van der Waals surface area contributed by atoms with E-state index in [0.29, 0.717) is 18.1 Å². The number of carbonyl (C=O) groups excluding carboxylic acids is 2. The fourth-order valence-electron chi connectivity index (χ4n) is 2.97. The van der Waals surface area contributed by atoms with Crippen molar-refractivity contribution < 1.29 is 9.59 Å². The number of aromatic nitrogens is 4. The van der Waals surface area contributed by atoms with E-state index in [1.54, 1.807) is 36.4 Å². The molecule has 0 radical (unpaired) electrons. The van der Waals surface area contributed by atoms with Gasteiger partial charge in [0.15, 0.2) is 5.78 Å². The topological polar surface area (TPSA) is 93.0 Å². The largest absolute Gasteiger partial charge is 0.352 e. The van der Waals surface area contributed by atoms with E-state index < -0.39 is 0 Å². The summed E-state index contributed by atoms with van der Waals surface area (Å²) in [6.45, 7) is 1.57. The zero-order valence-corrected chi connectivity index (χ0v) is 14.3. The van der Waals surface area contributed by atoms with Crippen LogP contribution in [0.5, 0.6) is 0 Å². The summed E-state index contributed by atoms with van der Waals surface area (Å²) >= 11 is 0. The monoisotopic (exact) mass is 342 g/mol. The lowest BCUT2D eigenvalue weighted by Gasteiger charge is -2.33. The quantitative estimate of drug-likeness (QED) is 0.786. The summed E-state index contributed by atoms with van der Waals surface area (Å²) in [6.07, 6.45) is 8.90. The molecule has 0 saturated carbocycles. The number of amides is 1. The second kappa shape index (κ2) is 7.87. The fraction of sp³-hybridized carbons (Fsp3) is 0.471. The molecule has 1 unspecified atom stereocenters. The van der Waals surface area contributed by atoms with Gasteiger partial charge in [-0.05, 0) is 18.9 Å². The number of nitrogens with zero attached hydrogens (tertiary/aromatic N) is 5. The summed E-state index contributed by atoms with van der Waals surface area (Å²) < 4.78 is 1.58. The van der Waals surface area contributed by atoms with Gasteiger partial charge in [-0.25, -0.2) is 9.97 Å². The number of ketones is 1. The fourth-order valence-corrected chi connectivity index (χ4v) is 2.97. The lowest BCUT2D eigenvalue weighted by molar-refractivity contribution is -0.121. The molecule has 0 aliphatic carbocycles. The van der Waals surface area contributed by atoms with Crippen LogP contribution in [0.3, 0.4) is 0 Å².